The van der Waals surface area contributed by atoms with Gasteiger partial charge < -0.3 is 4.74 Å². The molecule has 1 saturated carbocycles. The molecule has 1 aromatic rings. The van der Waals surface area contributed by atoms with Gasteiger partial charge in [-0.3, -0.25) is 4.79 Å². The lowest BCUT2D eigenvalue weighted by Crippen LogP contribution is -2.13. The van der Waals surface area contributed by atoms with Crippen molar-refractivity contribution in [1.29, 1.82) is 0 Å². The number of ether oxygens (including phenoxy) is 1. The van der Waals surface area contributed by atoms with E-state index < -0.39 is 0 Å². The van der Waals surface area contributed by atoms with Gasteiger partial charge in [0, 0.05) is 12.8 Å². The lowest BCUT2D eigenvalue weighted by Gasteiger charge is -2.24. The molecule has 0 radical (unpaired) electrons. The normalized spacial score (nSPS) is 17.2. The number of methoxy groups -OCH3 is 1. The second-order valence-electron chi connectivity index (χ2n) is 4.99. The van der Waals surface area contributed by atoms with E-state index in [2.05, 4.69) is 26.0 Å². The van der Waals surface area contributed by atoms with E-state index in [1.54, 1.807) is 7.11 Å². The van der Waals surface area contributed by atoms with Crippen molar-refractivity contribution >= 4 is 5.78 Å². The molecule has 0 bridgehead atoms. The summed E-state index contributed by atoms with van der Waals surface area (Å²) in [5, 5.41) is 0. The van der Waals surface area contributed by atoms with Crippen LogP contribution in [-0.4, -0.2) is 12.9 Å². The van der Waals surface area contributed by atoms with Gasteiger partial charge in [0.1, 0.15) is 11.5 Å². The van der Waals surface area contributed by atoms with Gasteiger partial charge in [0.05, 0.1) is 7.11 Å². The van der Waals surface area contributed by atoms with Gasteiger partial charge in [-0.05, 0) is 55.4 Å². The Bertz CT molecular complexity index is 425. The Morgan fingerprint density at radius 1 is 1.12 bits per heavy atom. The number of rotatable bonds is 2. The molecule has 2 nitrogen and oxygen atoms in total. The molecule has 2 rings (SSSR count). The Hall–Kier alpha value is -1.31. The molecule has 92 valence electrons. The van der Waals surface area contributed by atoms with Crippen molar-refractivity contribution in [2.45, 2.75) is 45.4 Å². The van der Waals surface area contributed by atoms with Crippen LogP contribution in [0.2, 0.25) is 0 Å². The van der Waals surface area contributed by atoms with Gasteiger partial charge in [-0.15, -0.1) is 0 Å². The van der Waals surface area contributed by atoms with Gasteiger partial charge in [-0.25, -0.2) is 0 Å². The molecule has 17 heavy (non-hydrogen) atoms. The van der Waals surface area contributed by atoms with Crippen LogP contribution in [0, 0.1) is 13.8 Å². The van der Waals surface area contributed by atoms with Crippen LogP contribution in [0.15, 0.2) is 12.1 Å². The van der Waals surface area contributed by atoms with Gasteiger partial charge in [0.2, 0.25) is 0 Å². The fourth-order valence-electron chi connectivity index (χ4n) is 2.72. The van der Waals surface area contributed by atoms with Gasteiger partial charge in [-0.2, -0.15) is 0 Å². The molecule has 0 heterocycles. The number of ketones is 1. The maximum Gasteiger partial charge on any atom is 0.132 e. The van der Waals surface area contributed by atoms with Crippen LogP contribution < -0.4 is 4.74 Å². The molecule has 0 aromatic heterocycles. The number of benzene rings is 1. The highest BCUT2D eigenvalue weighted by Crippen LogP contribution is 2.35. The maximum atomic E-state index is 11.3. The van der Waals surface area contributed by atoms with Gasteiger partial charge in [0.25, 0.3) is 0 Å². The van der Waals surface area contributed by atoms with E-state index in [0.29, 0.717) is 11.7 Å². The molecule has 2 heteroatoms. The van der Waals surface area contributed by atoms with E-state index in [4.69, 9.17) is 4.74 Å². The first kappa shape index (κ1) is 12.2. The monoisotopic (exact) mass is 232 g/mol. The number of carbonyl (C=O) groups excluding carboxylic acids is 1. The molecule has 1 aliphatic carbocycles. The van der Waals surface area contributed by atoms with E-state index in [1.807, 2.05) is 0 Å². The highest BCUT2D eigenvalue weighted by atomic mass is 16.5. The third kappa shape index (κ3) is 2.51. The zero-order valence-corrected chi connectivity index (χ0v) is 10.9. The summed E-state index contributed by atoms with van der Waals surface area (Å²) in [6, 6.07) is 4.34. The fourth-order valence-corrected chi connectivity index (χ4v) is 2.72. The van der Waals surface area contributed by atoms with E-state index in [-0.39, 0.29) is 0 Å². The molecule has 1 fully saturated rings. The second-order valence-corrected chi connectivity index (χ2v) is 4.99. The highest BCUT2D eigenvalue weighted by Gasteiger charge is 2.22. The lowest BCUT2D eigenvalue weighted by atomic mass is 9.81. The van der Waals surface area contributed by atoms with Crippen LogP contribution >= 0.6 is 0 Å². The number of hydrogen-bond donors (Lipinski definition) is 0. The lowest BCUT2D eigenvalue weighted by molar-refractivity contribution is -0.120. The first-order valence-corrected chi connectivity index (χ1v) is 6.28. The molecule has 0 atom stereocenters. The first-order chi connectivity index (χ1) is 8.11. The summed E-state index contributed by atoms with van der Waals surface area (Å²) >= 11 is 0. The predicted molar refractivity (Wildman–Crippen MR) is 68.7 cm³/mol. The average Bonchev–Trinajstić information content (AvgIpc) is 2.33. The third-order valence-corrected chi connectivity index (χ3v) is 3.77. The predicted octanol–water partition coefficient (Wildman–Crippen LogP) is 3.54. The average molecular weight is 232 g/mol. The molecular formula is C15H20O2. The summed E-state index contributed by atoms with van der Waals surface area (Å²) in [5.74, 6) is 1.93. The van der Waals surface area contributed by atoms with E-state index >= 15 is 0 Å². The molecule has 0 saturated heterocycles. The Morgan fingerprint density at radius 2 is 1.76 bits per heavy atom. The molecular weight excluding hydrogens is 212 g/mol. The minimum atomic E-state index is 0.420. The van der Waals surface area contributed by atoms with Crippen LogP contribution in [0.4, 0.5) is 0 Å². The fraction of sp³-hybridized carbons (Fsp3) is 0.533. The zero-order valence-electron chi connectivity index (χ0n) is 10.9. The summed E-state index contributed by atoms with van der Waals surface area (Å²) < 4.78 is 5.33. The topological polar surface area (TPSA) is 26.3 Å². The van der Waals surface area contributed by atoms with Crippen LogP contribution in [0.5, 0.6) is 5.75 Å². The molecule has 1 aromatic carbocycles. The molecule has 0 unspecified atom stereocenters. The van der Waals surface area contributed by atoms with Crippen molar-refractivity contribution in [3.63, 3.8) is 0 Å². The molecule has 0 aliphatic heterocycles. The Labute approximate surface area is 103 Å². The van der Waals surface area contributed by atoms with Gasteiger partial charge >= 0.3 is 0 Å². The van der Waals surface area contributed by atoms with Crippen molar-refractivity contribution < 1.29 is 9.53 Å². The molecule has 0 amide bonds. The second kappa shape index (κ2) is 4.91. The Morgan fingerprint density at radius 3 is 2.35 bits per heavy atom. The summed E-state index contributed by atoms with van der Waals surface area (Å²) in [4.78, 5) is 11.3. The molecule has 1 aliphatic rings. The van der Waals surface area contributed by atoms with E-state index in [0.717, 1.165) is 31.4 Å². The van der Waals surface area contributed by atoms with Crippen molar-refractivity contribution in [2.75, 3.05) is 7.11 Å². The van der Waals surface area contributed by atoms with E-state index in [1.165, 1.54) is 16.7 Å². The number of hydrogen-bond acceptors (Lipinski definition) is 2. The van der Waals surface area contributed by atoms with Crippen molar-refractivity contribution in [3.8, 4) is 5.75 Å². The van der Waals surface area contributed by atoms with Crippen LogP contribution in [0.3, 0.4) is 0 Å². The van der Waals surface area contributed by atoms with Crippen molar-refractivity contribution in [2.24, 2.45) is 0 Å². The standard InChI is InChI=1S/C15H20O2/c1-10-9-15(17-3)11(2)8-14(10)12-4-6-13(16)7-5-12/h8-9,12H,4-7H2,1-3H3. The Balaban J connectivity index is 2.26. The number of Topliss-reactive ketones (excluding diaryl/α,β-unsaturated/α-hetero) is 1. The summed E-state index contributed by atoms with van der Waals surface area (Å²) in [6.07, 6.45) is 3.50. The van der Waals surface area contributed by atoms with Crippen LogP contribution in [-0.2, 0) is 4.79 Å². The van der Waals surface area contributed by atoms with Crippen molar-refractivity contribution in [3.05, 3.63) is 28.8 Å². The summed E-state index contributed by atoms with van der Waals surface area (Å²) in [7, 11) is 1.71. The van der Waals surface area contributed by atoms with E-state index in [9.17, 15) is 4.79 Å². The summed E-state index contributed by atoms with van der Waals surface area (Å²) in [5.41, 5.74) is 3.87. The molecule has 0 spiro atoms. The third-order valence-electron chi connectivity index (χ3n) is 3.77. The quantitative estimate of drug-likeness (QED) is 0.779. The van der Waals surface area contributed by atoms with Gasteiger partial charge in [-0.1, -0.05) is 6.07 Å². The largest absolute Gasteiger partial charge is 0.496 e. The van der Waals surface area contributed by atoms with Gasteiger partial charge in [0.15, 0.2) is 0 Å². The smallest absolute Gasteiger partial charge is 0.132 e. The summed E-state index contributed by atoms with van der Waals surface area (Å²) in [6.45, 7) is 4.21. The minimum absolute atomic E-state index is 0.420. The number of carbonyl (C=O) groups is 1. The first-order valence-electron chi connectivity index (χ1n) is 6.28. The SMILES string of the molecule is COc1cc(C)c(C2CCC(=O)CC2)cc1C. The highest BCUT2D eigenvalue weighted by molar-refractivity contribution is 5.79. The molecule has 0 N–H and O–H groups in total. The maximum absolute atomic E-state index is 11.3. The zero-order chi connectivity index (χ0) is 12.4. The van der Waals surface area contributed by atoms with Crippen LogP contribution in [0.25, 0.3) is 0 Å². The number of aryl methyl sites for hydroxylation is 2. The van der Waals surface area contributed by atoms with Crippen molar-refractivity contribution in [1.82, 2.24) is 0 Å². The van der Waals surface area contributed by atoms with Crippen LogP contribution in [0.1, 0.15) is 48.3 Å². The Kier molecular flexibility index (Phi) is 3.51. The minimum Gasteiger partial charge on any atom is -0.496 e.